The lowest BCUT2D eigenvalue weighted by atomic mass is 9.99. The highest BCUT2D eigenvalue weighted by Crippen LogP contribution is 2.38. The number of pyridine rings is 1. The van der Waals surface area contributed by atoms with Crippen LogP contribution in [0.2, 0.25) is 5.15 Å². The summed E-state index contributed by atoms with van der Waals surface area (Å²) in [4.78, 5) is 42.9. The Labute approximate surface area is 222 Å². The zero-order valence-corrected chi connectivity index (χ0v) is 21.9. The molecule has 38 heavy (non-hydrogen) atoms. The van der Waals surface area contributed by atoms with Crippen molar-refractivity contribution in [3.8, 4) is 22.8 Å². The zero-order chi connectivity index (χ0) is 27.3. The number of halogens is 1. The molecule has 0 unspecified atom stereocenters. The van der Waals surface area contributed by atoms with E-state index in [0.29, 0.717) is 44.9 Å². The minimum absolute atomic E-state index is 0.0707. The average molecular weight is 534 g/mol. The summed E-state index contributed by atoms with van der Waals surface area (Å²) in [7, 11) is 1.68. The standard InChI is InChI=1S/C28H24ClN3O6/c1-13-9-17(15(3)37-20-7-8-22(29)31-24(20)28(30)35)27-18(10-13)25(34)14(2)26(38-27)16-5-6-19-21(11-16)36-12-23(33)32(19)4/h5-11,15H,12H2,1-4H3,(H2,30,35)/t15-/m1/s1. The quantitative estimate of drug-likeness (QED) is 0.368. The van der Waals surface area contributed by atoms with E-state index in [0.717, 1.165) is 5.56 Å². The van der Waals surface area contributed by atoms with E-state index in [1.54, 1.807) is 45.2 Å². The number of carbonyl (C=O) groups is 2. The number of hydrogen-bond donors (Lipinski definition) is 1. The van der Waals surface area contributed by atoms with Crippen molar-refractivity contribution >= 4 is 40.1 Å². The van der Waals surface area contributed by atoms with Gasteiger partial charge in [-0.2, -0.15) is 0 Å². The Balaban J connectivity index is 1.64. The largest absolute Gasteiger partial charge is 0.483 e. The van der Waals surface area contributed by atoms with Gasteiger partial charge in [0.05, 0.1) is 11.1 Å². The fraction of sp³-hybridized carbons (Fsp3) is 0.214. The summed E-state index contributed by atoms with van der Waals surface area (Å²) in [6.07, 6.45) is -0.649. The first-order valence-corrected chi connectivity index (χ1v) is 12.2. The highest BCUT2D eigenvalue weighted by molar-refractivity contribution is 6.29. The van der Waals surface area contributed by atoms with Gasteiger partial charge in [-0.05, 0) is 68.8 Å². The summed E-state index contributed by atoms with van der Waals surface area (Å²) in [5.74, 6) is 0.112. The lowest BCUT2D eigenvalue weighted by molar-refractivity contribution is -0.120. The third kappa shape index (κ3) is 4.35. The first-order chi connectivity index (χ1) is 18.0. The van der Waals surface area contributed by atoms with Crippen molar-refractivity contribution < 1.29 is 23.5 Å². The number of aromatic nitrogens is 1. The maximum atomic E-state index is 13.5. The second-order valence-corrected chi connectivity index (χ2v) is 9.53. The number of rotatable bonds is 5. The molecular formula is C28H24ClN3O6. The minimum atomic E-state index is -0.782. The Hall–Kier alpha value is -4.37. The van der Waals surface area contributed by atoms with Gasteiger partial charge in [0, 0.05) is 23.7 Å². The van der Waals surface area contributed by atoms with E-state index in [1.165, 1.54) is 17.0 Å². The number of primary amides is 1. The smallest absolute Gasteiger partial charge is 0.271 e. The van der Waals surface area contributed by atoms with Gasteiger partial charge < -0.3 is 24.5 Å². The average Bonchev–Trinajstić information content (AvgIpc) is 2.89. The van der Waals surface area contributed by atoms with Crippen molar-refractivity contribution in [1.82, 2.24) is 4.98 Å². The van der Waals surface area contributed by atoms with Crippen LogP contribution in [0.4, 0.5) is 5.69 Å². The topological polar surface area (TPSA) is 125 Å². The third-order valence-electron chi connectivity index (χ3n) is 6.50. The molecular weight excluding hydrogens is 510 g/mol. The molecule has 0 bridgehead atoms. The third-order valence-corrected chi connectivity index (χ3v) is 6.71. The number of carbonyl (C=O) groups excluding carboxylic acids is 2. The highest BCUT2D eigenvalue weighted by atomic mass is 35.5. The van der Waals surface area contributed by atoms with Crippen LogP contribution in [0, 0.1) is 13.8 Å². The number of amides is 2. The van der Waals surface area contributed by atoms with Crippen LogP contribution in [0.3, 0.4) is 0 Å². The molecule has 2 N–H and O–H groups in total. The van der Waals surface area contributed by atoms with Gasteiger partial charge in [0.2, 0.25) is 0 Å². The number of anilines is 1. The van der Waals surface area contributed by atoms with E-state index in [-0.39, 0.29) is 34.5 Å². The molecule has 0 fully saturated rings. The number of ether oxygens (including phenoxy) is 2. The van der Waals surface area contributed by atoms with Crippen molar-refractivity contribution in [2.45, 2.75) is 26.9 Å². The number of hydrogen-bond acceptors (Lipinski definition) is 7. The summed E-state index contributed by atoms with van der Waals surface area (Å²) in [5, 5.41) is 0.510. The summed E-state index contributed by atoms with van der Waals surface area (Å²) >= 11 is 5.93. The Morgan fingerprint density at radius 3 is 2.66 bits per heavy atom. The van der Waals surface area contributed by atoms with Gasteiger partial charge in [0.25, 0.3) is 11.8 Å². The van der Waals surface area contributed by atoms with Crippen LogP contribution in [0.15, 0.2) is 51.7 Å². The van der Waals surface area contributed by atoms with Crippen LogP contribution in [0.25, 0.3) is 22.3 Å². The number of fused-ring (bicyclic) bond motifs is 2. The molecule has 2 amide bonds. The summed E-state index contributed by atoms with van der Waals surface area (Å²) in [5.41, 5.74) is 8.65. The summed E-state index contributed by atoms with van der Waals surface area (Å²) in [6.45, 7) is 5.28. The van der Waals surface area contributed by atoms with E-state index in [4.69, 9.17) is 31.2 Å². The van der Waals surface area contributed by atoms with Crippen molar-refractivity contribution in [3.05, 3.63) is 80.2 Å². The minimum Gasteiger partial charge on any atom is -0.483 e. The van der Waals surface area contributed by atoms with Crippen LogP contribution in [-0.4, -0.2) is 30.5 Å². The molecule has 0 radical (unpaired) electrons. The monoisotopic (exact) mass is 533 g/mol. The van der Waals surface area contributed by atoms with Crippen molar-refractivity contribution in [2.75, 3.05) is 18.6 Å². The highest BCUT2D eigenvalue weighted by Gasteiger charge is 2.25. The maximum absolute atomic E-state index is 13.5. The predicted molar refractivity (Wildman–Crippen MR) is 143 cm³/mol. The molecule has 1 aliphatic heterocycles. The molecule has 0 saturated heterocycles. The SMILES string of the molecule is Cc1cc([C@@H](C)Oc2ccc(Cl)nc2C(N)=O)c2oc(-c3ccc4c(c3)OCC(=O)N4C)c(C)c(=O)c2c1. The van der Waals surface area contributed by atoms with E-state index in [1.807, 2.05) is 13.0 Å². The lowest BCUT2D eigenvalue weighted by Gasteiger charge is -2.26. The molecule has 10 heteroatoms. The Morgan fingerprint density at radius 2 is 1.92 bits per heavy atom. The molecule has 0 spiro atoms. The Bertz CT molecular complexity index is 1700. The van der Waals surface area contributed by atoms with E-state index in [2.05, 4.69) is 4.98 Å². The van der Waals surface area contributed by atoms with Crippen LogP contribution in [0.5, 0.6) is 11.5 Å². The fourth-order valence-corrected chi connectivity index (χ4v) is 4.66. The molecule has 4 aromatic rings. The summed E-state index contributed by atoms with van der Waals surface area (Å²) < 4.78 is 18.1. The number of aryl methyl sites for hydroxylation is 1. The molecule has 1 aliphatic rings. The van der Waals surface area contributed by atoms with Gasteiger partial charge in [-0.25, -0.2) is 4.98 Å². The lowest BCUT2D eigenvalue weighted by Crippen LogP contribution is -2.35. The molecule has 3 heterocycles. The Morgan fingerprint density at radius 1 is 1.16 bits per heavy atom. The van der Waals surface area contributed by atoms with E-state index >= 15 is 0 Å². The molecule has 194 valence electrons. The first-order valence-electron chi connectivity index (χ1n) is 11.8. The van der Waals surface area contributed by atoms with Gasteiger partial charge in [-0.1, -0.05) is 11.6 Å². The fourth-order valence-electron chi connectivity index (χ4n) is 4.51. The van der Waals surface area contributed by atoms with Gasteiger partial charge >= 0.3 is 0 Å². The van der Waals surface area contributed by atoms with Crippen molar-refractivity contribution in [3.63, 3.8) is 0 Å². The summed E-state index contributed by atoms with van der Waals surface area (Å²) in [6, 6.07) is 11.9. The maximum Gasteiger partial charge on any atom is 0.271 e. The van der Waals surface area contributed by atoms with Gasteiger partial charge in [-0.15, -0.1) is 0 Å². The van der Waals surface area contributed by atoms with Crippen LogP contribution in [0.1, 0.15) is 40.2 Å². The number of benzene rings is 2. The second kappa shape index (κ2) is 9.50. The van der Waals surface area contributed by atoms with Gasteiger partial charge in [0.15, 0.2) is 23.5 Å². The predicted octanol–water partition coefficient (Wildman–Crippen LogP) is 4.72. The van der Waals surface area contributed by atoms with Crippen LogP contribution >= 0.6 is 11.6 Å². The zero-order valence-electron chi connectivity index (χ0n) is 21.1. The number of nitrogens with two attached hydrogens (primary N) is 1. The van der Waals surface area contributed by atoms with Gasteiger partial charge in [0.1, 0.15) is 28.3 Å². The van der Waals surface area contributed by atoms with Crippen LogP contribution < -0.4 is 25.5 Å². The molecule has 2 aromatic heterocycles. The normalized spacial score (nSPS) is 13.7. The number of nitrogens with zero attached hydrogens (tertiary/aromatic N) is 2. The Kier molecular flexibility index (Phi) is 6.32. The van der Waals surface area contributed by atoms with E-state index < -0.39 is 12.0 Å². The van der Waals surface area contributed by atoms with Crippen molar-refractivity contribution in [1.29, 1.82) is 0 Å². The van der Waals surface area contributed by atoms with Crippen molar-refractivity contribution in [2.24, 2.45) is 5.73 Å². The van der Waals surface area contributed by atoms with Gasteiger partial charge in [-0.3, -0.25) is 14.4 Å². The molecule has 0 saturated carbocycles. The number of likely N-dealkylation sites (N-methyl/N-ethyl adjacent to an activating group) is 1. The molecule has 5 rings (SSSR count). The molecule has 9 nitrogen and oxygen atoms in total. The molecule has 0 aliphatic carbocycles. The molecule has 2 aromatic carbocycles. The first kappa shape index (κ1) is 25.3. The molecule has 1 atom stereocenters. The van der Waals surface area contributed by atoms with Crippen LogP contribution in [-0.2, 0) is 4.79 Å². The van der Waals surface area contributed by atoms with E-state index in [9.17, 15) is 14.4 Å². The second-order valence-electron chi connectivity index (χ2n) is 9.15.